The van der Waals surface area contributed by atoms with Crippen LogP contribution >= 0.6 is 15.9 Å². The lowest BCUT2D eigenvalue weighted by atomic mass is 10.1. The van der Waals surface area contributed by atoms with E-state index in [0.717, 1.165) is 17.4 Å². The van der Waals surface area contributed by atoms with Gasteiger partial charge in [-0.05, 0) is 62.1 Å². The zero-order valence-electron chi connectivity index (χ0n) is 15.7. The van der Waals surface area contributed by atoms with Gasteiger partial charge in [0.1, 0.15) is 0 Å². The molecule has 4 heteroatoms. The Morgan fingerprint density at radius 1 is 1.19 bits per heavy atom. The minimum absolute atomic E-state index is 0.106. The summed E-state index contributed by atoms with van der Waals surface area (Å²) in [6.07, 6.45) is 0.944. The third-order valence-corrected chi connectivity index (χ3v) is 5.77. The van der Waals surface area contributed by atoms with Gasteiger partial charge in [0.25, 0.3) is 0 Å². The van der Waals surface area contributed by atoms with E-state index in [1.807, 2.05) is 18.2 Å². The lowest BCUT2D eigenvalue weighted by Crippen LogP contribution is -2.28. The number of rotatable bonds is 7. The van der Waals surface area contributed by atoms with Crippen molar-refractivity contribution in [2.45, 2.75) is 45.3 Å². The van der Waals surface area contributed by atoms with Crippen molar-refractivity contribution in [1.82, 2.24) is 10.2 Å². The van der Waals surface area contributed by atoms with Gasteiger partial charge < -0.3 is 5.32 Å². The molecule has 0 spiro atoms. The molecule has 0 radical (unpaired) electrons. The molecule has 0 heterocycles. The average molecular weight is 415 g/mol. The van der Waals surface area contributed by atoms with Gasteiger partial charge in [-0.3, -0.25) is 9.69 Å². The predicted octanol–water partition coefficient (Wildman–Crippen LogP) is 4.71. The third-order valence-electron chi connectivity index (χ3n) is 5.28. The fourth-order valence-electron chi connectivity index (χ4n) is 3.24. The first-order valence-electron chi connectivity index (χ1n) is 9.26. The number of hydrogen-bond acceptors (Lipinski definition) is 2. The van der Waals surface area contributed by atoms with Crippen LogP contribution in [0.1, 0.15) is 42.9 Å². The first kappa shape index (κ1) is 19.1. The standard InChI is InChI=1S/C22H27BrN2O/c1-15(2)25(3)14-18-8-5-4-7-17(18)13-24-22(26)21-12-20(21)16-9-6-10-19(23)11-16/h4-11,15,20-21H,12-14H2,1-3H3,(H,24,26). The number of carbonyl (C=O) groups excluding carboxylic acids is 1. The highest BCUT2D eigenvalue weighted by molar-refractivity contribution is 9.10. The molecule has 0 aliphatic heterocycles. The summed E-state index contributed by atoms with van der Waals surface area (Å²) in [5, 5.41) is 3.15. The monoisotopic (exact) mass is 414 g/mol. The van der Waals surface area contributed by atoms with Crippen molar-refractivity contribution in [1.29, 1.82) is 0 Å². The molecule has 0 bridgehead atoms. The van der Waals surface area contributed by atoms with Crippen molar-refractivity contribution in [2.75, 3.05) is 7.05 Å². The molecule has 2 unspecified atom stereocenters. The highest BCUT2D eigenvalue weighted by Crippen LogP contribution is 2.47. The van der Waals surface area contributed by atoms with Crippen molar-refractivity contribution >= 4 is 21.8 Å². The quantitative estimate of drug-likeness (QED) is 0.711. The maximum atomic E-state index is 12.6. The van der Waals surface area contributed by atoms with Crippen LogP contribution in [0.25, 0.3) is 0 Å². The Morgan fingerprint density at radius 2 is 1.92 bits per heavy atom. The molecule has 1 N–H and O–H groups in total. The zero-order chi connectivity index (χ0) is 18.7. The van der Waals surface area contributed by atoms with Gasteiger partial charge in [-0.1, -0.05) is 52.3 Å². The Kier molecular flexibility index (Phi) is 6.15. The van der Waals surface area contributed by atoms with Crippen LogP contribution in [0.2, 0.25) is 0 Å². The molecule has 2 aromatic rings. The summed E-state index contributed by atoms with van der Waals surface area (Å²) >= 11 is 3.51. The van der Waals surface area contributed by atoms with E-state index >= 15 is 0 Å². The number of nitrogens with zero attached hydrogens (tertiary/aromatic N) is 1. The fraction of sp³-hybridized carbons (Fsp3) is 0.409. The number of halogens is 1. The summed E-state index contributed by atoms with van der Waals surface area (Å²) in [5.41, 5.74) is 3.73. The zero-order valence-corrected chi connectivity index (χ0v) is 17.3. The number of hydrogen-bond donors (Lipinski definition) is 1. The maximum absolute atomic E-state index is 12.6. The van der Waals surface area contributed by atoms with E-state index in [4.69, 9.17) is 0 Å². The largest absolute Gasteiger partial charge is 0.352 e. The topological polar surface area (TPSA) is 32.3 Å². The van der Waals surface area contributed by atoms with E-state index in [9.17, 15) is 4.79 Å². The summed E-state index contributed by atoms with van der Waals surface area (Å²) in [5.74, 6) is 0.631. The van der Waals surface area contributed by atoms with Crippen LogP contribution in [0.15, 0.2) is 53.0 Å². The summed E-state index contributed by atoms with van der Waals surface area (Å²) in [6.45, 7) is 5.88. The molecule has 0 saturated heterocycles. The first-order chi connectivity index (χ1) is 12.5. The SMILES string of the molecule is CC(C)N(C)Cc1ccccc1CNC(=O)C1CC1c1cccc(Br)c1. The molecule has 3 rings (SSSR count). The molecule has 2 atom stereocenters. The Balaban J connectivity index is 1.57. The van der Waals surface area contributed by atoms with E-state index in [0.29, 0.717) is 18.5 Å². The van der Waals surface area contributed by atoms with Crippen LogP contribution in [0.5, 0.6) is 0 Å². The average Bonchev–Trinajstić information content (AvgIpc) is 3.41. The second-order valence-electron chi connectivity index (χ2n) is 7.50. The van der Waals surface area contributed by atoms with Crippen LogP contribution in [-0.4, -0.2) is 23.9 Å². The van der Waals surface area contributed by atoms with Gasteiger partial charge in [-0.2, -0.15) is 0 Å². The Labute approximate surface area is 164 Å². The van der Waals surface area contributed by atoms with Crippen molar-refractivity contribution in [3.8, 4) is 0 Å². The molecule has 3 nitrogen and oxygen atoms in total. The van der Waals surface area contributed by atoms with Crippen molar-refractivity contribution in [2.24, 2.45) is 5.92 Å². The molecule has 1 saturated carbocycles. The van der Waals surface area contributed by atoms with E-state index in [-0.39, 0.29) is 11.8 Å². The van der Waals surface area contributed by atoms with E-state index in [1.165, 1.54) is 16.7 Å². The fourth-order valence-corrected chi connectivity index (χ4v) is 3.66. The highest BCUT2D eigenvalue weighted by atomic mass is 79.9. The number of amides is 1. The van der Waals surface area contributed by atoms with Crippen LogP contribution < -0.4 is 5.32 Å². The number of nitrogens with one attached hydrogen (secondary N) is 1. The summed E-state index contributed by atoms with van der Waals surface area (Å²) in [7, 11) is 2.13. The van der Waals surface area contributed by atoms with E-state index < -0.39 is 0 Å². The summed E-state index contributed by atoms with van der Waals surface area (Å²) < 4.78 is 1.07. The number of carbonyl (C=O) groups is 1. The predicted molar refractivity (Wildman–Crippen MR) is 110 cm³/mol. The van der Waals surface area contributed by atoms with Gasteiger partial charge in [0, 0.05) is 29.5 Å². The second-order valence-corrected chi connectivity index (χ2v) is 8.41. The van der Waals surface area contributed by atoms with Gasteiger partial charge >= 0.3 is 0 Å². The Morgan fingerprint density at radius 3 is 2.62 bits per heavy atom. The molecular weight excluding hydrogens is 388 g/mol. The molecular formula is C22H27BrN2O. The normalized spacial score (nSPS) is 19.0. The molecule has 0 aromatic heterocycles. The van der Waals surface area contributed by atoms with Crippen LogP contribution in [0.3, 0.4) is 0 Å². The molecule has 2 aromatic carbocycles. The van der Waals surface area contributed by atoms with Crippen LogP contribution in [0.4, 0.5) is 0 Å². The first-order valence-corrected chi connectivity index (χ1v) is 10.0. The van der Waals surface area contributed by atoms with Gasteiger partial charge in [0.15, 0.2) is 0 Å². The van der Waals surface area contributed by atoms with Gasteiger partial charge in [-0.25, -0.2) is 0 Å². The van der Waals surface area contributed by atoms with Crippen LogP contribution in [0, 0.1) is 5.92 Å². The van der Waals surface area contributed by atoms with Crippen molar-refractivity contribution in [3.63, 3.8) is 0 Å². The Bertz CT molecular complexity index is 774. The molecule has 1 fully saturated rings. The second kappa shape index (κ2) is 8.36. The smallest absolute Gasteiger partial charge is 0.224 e. The van der Waals surface area contributed by atoms with Gasteiger partial charge in [0.05, 0.1) is 0 Å². The Hall–Kier alpha value is -1.65. The number of benzene rings is 2. The molecule has 1 amide bonds. The summed E-state index contributed by atoms with van der Waals surface area (Å²) in [6, 6.07) is 17.2. The maximum Gasteiger partial charge on any atom is 0.224 e. The third kappa shape index (κ3) is 4.74. The molecule has 138 valence electrons. The summed E-state index contributed by atoms with van der Waals surface area (Å²) in [4.78, 5) is 14.9. The lowest BCUT2D eigenvalue weighted by Gasteiger charge is -2.22. The molecule has 1 aliphatic rings. The highest BCUT2D eigenvalue weighted by Gasteiger charge is 2.43. The van der Waals surface area contributed by atoms with Crippen LogP contribution in [-0.2, 0) is 17.9 Å². The van der Waals surface area contributed by atoms with Gasteiger partial charge in [0.2, 0.25) is 5.91 Å². The van der Waals surface area contributed by atoms with Crippen molar-refractivity contribution in [3.05, 3.63) is 69.7 Å². The van der Waals surface area contributed by atoms with E-state index in [2.05, 4.69) is 77.4 Å². The minimum Gasteiger partial charge on any atom is -0.352 e. The minimum atomic E-state index is 0.106. The lowest BCUT2D eigenvalue weighted by molar-refractivity contribution is -0.122. The van der Waals surface area contributed by atoms with Crippen molar-refractivity contribution < 1.29 is 4.79 Å². The molecule has 1 aliphatic carbocycles. The molecule has 26 heavy (non-hydrogen) atoms. The van der Waals surface area contributed by atoms with Gasteiger partial charge in [-0.15, -0.1) is 0 Å². The van der Waals surface area contributed by atoms with E-state index in [1.54, 1.807) is 0 Å².